The van der Waals surface area contributed by atoms with Crippen molar-refractivity contribution >= 4 is 57.7 Å². The monoisotopic (exact) mass is 565 g/mol. The summed E-state index contributed by atoms with van der Waals surface area (Å²) in [5, 5.41) is 9.23. The van der Waals surface area contributed by atoms with Gasteiger partial charge in [0.15, 0.2) is 5.96 Å². The van der Waals surface area contributed by atoms with Crippen molar-refractivity contribution in [2.24, 2.45) is 4.99 Å². The van der Waals surface area contributed by atoms with Crippen LogP contribution < -0.4 is 16.0 Å². The predicted octanol–water partition coefficient (Wildman–Crippen LogP) is 2.36. The van der Waals surface area contributed by atoms with Crippen molar-refractivity contribution in [3.63, 3.8) is 0 Å². The molecule has 1 fully saturated rings. The second kappa shape index (κ2) is 13.8. The second-order valence-corrected chi connectivity index (χ2v) is 7.24. The summed E-state index contributed by atoms with van der Waals surface area (Å²) in [5.41, 5.74) is 0.640. The number of nitrogens with one attached hydrogen (secondary N) is 3. The minimum atomic E-state index is -0.0840. The number of benzene rings is 1. The lowest BCUT2D eigenvalue weighted by Crippen LogP contribution is -2.40. The molecule has 0 saturated carbocycles. The molecule has 0 atom stereocenters. The van der Waals surface area contributed by atoms with Gasteiger partial charge in [-0.1, -0.05) is 15.9 Å². The van der Waals surface area contributed by atoms with Crippen LogP contribution in [0.5, 0.6) is 0 Å². The summed E-state index contributed by atoms with van der Waals surface area (Å²) in [6, 6.07) is 7.26. The zero-order valence-corrected chi connectivity index (χ0v) is 20.1. The molecular weight excluding hydrogens is 537 g/mol. The highest BCUT2D eigenvalue weighted by Gasteiger charge is 2.17. The van der Waals surface area contributed by atoms with Gasteiger partial charge >= 0.3 is 0 Å². The zero-order valence-electron chi connectivity index (χ0n) is 16.2. The lowest BCUT2D eigenvalue weighted by atomic mass is 10.2. The zero-order chi connectivity index (χ0) is 19.5. The molecule has 1 aromatic rings. The lowest BCUT2D eigenvalue weighted by molar-refractivity contribution is -0.128. The van der Waals surface area contributed by atoms with Gasteiger partial charge in [-0.15, -0.1) is 24.0 Å². The molecule has 28 heavy (non-hydrogen) atoms. The topological polar surface area (TPSA) is 85.8 Å². The minimum Gasteiger partial charge on any atom is -0.357 e. The number of hydrogen-bond donors (Lipinski definition) is 3. The van der Waals surface area contributed by atoms with Crippen LogP contribution in [-0.4, -0.2) is 61.9 Å². The number of nitrogens with zero attached hydrogens (tertiary/aromatic N) is 2. The molecule has 0 unspecified atom stereocenters. The number of guanidine groups is 1. The quantitative estimate of drug-likeness (QED) is 0.195. The van der Waals surface area contributed by atoms with Crippen molar-refractivity contribution in [2.45, 2.75) is 26.2 Å². The largest absolute Gasteiger partial charge is 0.357 e. The van der Waals surface area contributed by atoms with Gasteiger partial charge in [-0.2, -0.15) is 0 Å². The van der Waals surface area contributed by atoms with E-state index in [4.69, 9.17) is 0 Å². The number of aliphatic imine (C=N–C) groups is 1. The lowest BCUT2D eigenvalue weighted by Gasteiger charge is -2.15. The Bertz CT molecular complexity index is 648. The molecule has 0 aromatic heterocycles. The Morgan fingerprint density at radius 1 is 1.07 bits per heavy atom. The first-order chi connectivity index (χ1) is 13.1. The van der Waals surface area contributed by atoms with Crippen LogP contribution in [0.3, 0.4) is 0 Å². The molecule has 7 nitrogen and oxygen atoms in total. The first-order valence-electron chi connectivity index (χ1n) is 9.44. The molecule has 9 heteroatoms. The highest BCUT2D eigenvalue weighted by molar-refractivity contribution is 14.0. The van der Waals surface area contributed by atoms with E-state index in [0.717, 1.165) is 43.4 Å². The first kappa shape index (κ1) is 24.7. The Hall–Kier alpha value is -1.36. The molecule has 156 valence electrons. The Morgan fingerprint density at radius 2 is 1.71 bits per heavy atom. The number of carbonyl (C=O) groups excluding carboxylic acids is 2. The number of amides is 2. The van der Waals surface area contributed by atoms with Crippen LogP contribution in [0.25, 0.3) is 0 Å². The highest BCUT2D eigenvalue weighted by Crippen LogP contribution is 2.10. The molecule has 1 heterocycles. The van der Waals surface area contributed by atoms with Gasteiger partial charge in [-0.3, -0.25) is 9.59 Å². The first-order valence-corrected chi connectivity index (χ1v) is 10.2. The average Bonchev–Trinajstić information content (AvgIpc) is 3.20. The molecular formula is C19H29BrIN5O2. The van der Waals surface area contributed by atoms with Gasteiger partial charge in [-0.25, -0.2) is 4.99 Å². The standard InChI is InChI=1S/C19H28BrN5O2.HI/c1-2-21-19(24-14-17(26)25-12-3-4-13-25)23-11-5-10-22-18(27)15-6-8-16(20)9-7-15;/h6-9H,2-5,10-14H2,1H3,(H,22,27)(H2,21,23,24);1H. The summed E-state index contributed by atoms with van der Waals surface area (Å²) < 4.78 is 0.946. The Labute approximate surface area is 192 Å². The van der Waals surface area contributed by atoms with E-state index in [1.54, 1.807) is 12.1 Å². The molecule has 2 amide bonds. The third kappa shape index (κ3) is 8.76. The number of carbonyl (C=O) groups is 2. The van der Waals surface area contributed by atoms with Crippen LogP contribution in [0.4, 0.5) is 0 Å². The van der Waals surface area contributed by atoms with E-state index >= 15 is 0 Å². The van der Waals surface area contributed by atoms with Crippen molar-refractivity contribution in [3.8, 4) is 0 Å². The van der Waals surface area contributed by atoms with E-state index in [0.29, 0.717) is 24.6 Å². The van der Waals surface area contributed by atoms with E-state index in [9.17, 15) is 9.59 Å². The van der Waals surface area contributed by atoms with Crippen molar-refractivity contribution in [1.29, 1.82) is 0 Å². The summed E-state index contributed by atoms with van der Waals surface area (Å²) in [7, 11) is 0. The van der Waals surface area contributed by atoms with Gasteiger partial charge in [0.05, 0.1) is 0 Å². The van der Waals surface area contributed by atoms with E-state index in [2.05, 4.69) is 36.9 Å². The summed E-state index contributed by atoms with van der Waals surface area (Å²) >= 11 is 3.35. The number of halogens is 2. The molecule has 1 aliphatic rings. The number of likely N-dealkylation sites (tertiary alicyclic amines) is 1. The van der Waals surface area contributed by atoms with Crippen LogP contribution in [0.1, 0.15) is 36.5 Å². The van der Waals surface area contributed by atoms with Gasteiger partial charge in [-0.05, 0) is 50.5 Å². The molecule has 3 N–H and O–H groups in total. The summed E-state index contributed by atoms with van der Waals surface area (Å²) in [6.45, 7) is 5.78. The van der Waals surface area contributed by atoms with Gasteiger partial charge in [0.25, 0.3) is 5.91 Å². The third-order valence-electron chi connectivity index (χ3n) is 4.21. The third-order valence-corrected chi connectivity index (χ3v) is 4.74. The van der Waals surface area contributed by atoms with Crippen LogP contribution in [0.2, 0.25) is 0 Å². The van der Waals surface area contributed by atoms with Crippen LogP contribution in [0.15, 0.2) is 33.7 Å². The molecule has 0 aliphatic carbocycles. The van der Waals surface area contributed by atoms with Crippen LogP contribution in [-0.2, 0) is 4.79 Å². The molecule has 0 bridgehead atoms. The van der Waals surface area contributed by atoms with Gasteiger partial charge in [0, 0.05) is 42.8 Å². The SMILES string of the molecule is CCNC(=NCC(=O)N1CCCC1)NCCCNC(=O)c1ccc(Br)cc1.I. The minimum absolute atomic E-state index is 0. The molecule has 1 aromatic carbocycles. The fraction of sp³-hybridized carbons (Fsp3) is 0.526. The smallest absolute Gasteiger partial charge is 0.251 e. The van der Waals surface area contributed by atoms with E-state index in [1.165, 1.54) is 0 Å². The second-order valence-electron chi connectivity index (χ2n) is 6.33. The maximum atomic E-state index is 12.1. The number of hydrogen-bond acceptors (Lipinski definition) is 3. The molecule has 1 aliphatic heterocycles. The van der Waals surface area contributed by atoms with Gasteiger partial charge in [0.1, 0.15) is 6.54 Å². The predicted molar refractivity (Wildman–Crippen MR) is 126 cm³/mol. The Morgan fingerprint density at radius 3 is 2.36 bits per heavy atom. The van der Waals surface area contributed by atoms with Gasteiger partial charge in [0.2, 0.25) is 5.91 Å². The fourth-order valence-corrected chi connectivity index (χ4v) is 3.02. The molecule has 2 rings (SSSR count). The van der Waals surface area contributed by atoms with Crippen molar-refractivity contribution in [2.75, 3.05) is 39.3 Å². The number of rotatable bonds is 8. The van der Waals surface area contributed by atoms with Crippen molar-refractivity contribution in [1.82, 2.24) is 20.9 Å². The molecule has 1 saturated heterocycles. The fourth-order valence-electron chi connectivity index (χ4n) is 2.76. The summed E-state index contributed by atoms with van der Waals surface area (Å²) in [4.78, 5) is 30.3. The van der Waals surface area contributed by atoms with Crippen LogP contribution in [0, 0.1) is 0 Å². The average molecular weight is 566 g/mol. The highest BCUT2D eigenvalue weighted by atomic mass is 127. The van der Waals surface area contributed by atoms with Crippen molar-refractivity contribution in [3.05, 3.63) is 34.3 Å². The Balaban J connectivity index is 0.00000392. The maximum Gasteiger partial charge on any atom is 0.251 e. The van der Waals surface area contributed by atoms with E-state index in [1.807, 2.05) is 24.0 Å². The van der Waals surface area contributed by atoms with Crippen molar-refractivity contribution < 1.29 is 9.59 Å². The molecule has 0 spiro atoms. The summed E-state index contributed by atoms with van der Waals surface area (Å²) in [6.07, 6.45) is 2.92. The molecule has 0 radical (unpaired) electrons. The van der Waals surface area contributed by atoms with E-state index in [-0.39, 0.29) is 42.3 Å². The van der Waals surface area contributed by atoms with Gasteiger partial charge < -0.3 is 20.9 Å². The van der Waals surface area contributed by atoms with E-state index < -0.39 is 0 Å². The maximum absolute atomic E-state index is 12.1. The Kier molecular flexibility index (Phi) is 12.1. The summed E-state index contributed by atoms with van der Waals surface area (Å²) in [5.74, 6) is 0.620. The normalized spacial score (nSPS) is 13.6. The van der Waals surface area contributed by atoms with Crippen LogP contribution >= 0.6 is 39.9 Å².